The zero-order chi connectivity index (χ0) is 21.0. The van der Waals surface area contributed by atoms with Crippen molar-refractivity contribution in [1.29, 1.82) is 5.26 Å². The second-order valence-corrected chi connectivity index (χ2v) is 7.75. The number of nitrogens with zero attached hydrogens (tertiary/aromatic N) is 3. The van der Waals surface area contributed by atoms with Crippen LogP contribution in [-0.2, 0) is 5.41 Å². The third-order valence-corrected chi connectivity index (χ3v) is 4.36. The van der Waals surface area contributed by atoms with Crippen molar-refractivity contribution in [3.8, 4) is 6.07 Å². The minimum atomic E-state index is -0.398. The highest BCUT2D eigenvalue weighted by molar-refractivity contribution is 6.03. The second kappa shape index (κ2) is 8.11. The smallest absolute Gasteiger partial charge is 0.274 e. The Morgan fingerprint density at radius 2 is 1.66 bits per heavy atom. The summed E-state index contributed by atoms with van der Waals surface area (Å²) in [5.41, 5.74) is 3.68. The van der Waals surface area contributed by atoms with Crippen LogP contribution in [-0.4, -0.2) is 15.9 Å². The van der Waals surface area contributed by atoms with Gasteiger partial charge in [-0.25, -0.2) is 9.97 Å². The highest BCUT2D eigenvalue weighted by atomic mass is 16.1. The van der Waals surface area contributed by atoms with Gasteiger partial charge in [0.15, 0.2) is 0 Å². The lowest BCUT2D eigenvalue weighted by atomic mass is 9.86. The number of carbonyl (C=O) groups excluding carboxylic acids is 1. The van der Waals surface area contributed by atoms with E-state index in [9.17, 15) is 10.1 Å². The first-order valence-electron chi connectivity index (χ1n) is 9.30. The van der Waals surface area contributed by atoms with Crippen LogP contribution in [0.4, 0.5) is 17.3 Å². The van der Waals surface area contributed by atoms with Crippen molar-refractivity contribution in [2.45, 2.75) is 33.1 Å². The average Bonchev–Trinajstić information content (AvgIpc) is 2.67. The summed E-state index contributed by atoms with van der Waals surface area (Å²) in [5.74, 6) is -0.0502. The molecule has 0 spiro atoms. The molecule has 0 unspecified atom stereocenters. The monoisotopic (exact) mass is 385 g/mol. The first-order chi connectivity index (χ1) is 13.8. The summed E-state index contributed by atoms with van der Waals surface area (Å²) in [6.45, 7) is 8.21. The van der Waals surface area contributed by atoms with Gasteiger partial charge in [-0.1, -0.05) is 51.1 Å². The van der Waals surface area contributed by atoms with Gasteiger partial charge >= 0.3 is 0 Å². The molecule has 1 aromatic heterocycles. The van der Waals surface area contributed by atoms with Crippen LogP contribution < -0.4 is 10.6 Å². The van der Waals surface area contributed by atoms with Gasteiger partial charge in [-0.3, -0.25) is 4.79 Å². The lowest BCUT2D eigenvalue weighted by molar-refractivity contribution is 0.102. The Kier molecular flexibility index (Phi) is 5.60. The number of hydrogen-bond donors (Lipinski definition) is 2. The first-order valence-corrected chi connectivity index (χ1v) is 9.30. The minimum absolute atomic E-state index is 0.0609. The molecule has 146 valence electrons. The Bertz CT molecular complexity index is 1090. The molecule has 0 bridgehead atoms. The van der Waals surface area contributed by atoms with Gasteiger partial charge in [0.25, 0.3) is 5.91 Å². The fourth-order valence-corrected chi connectivity index (χ4v) is 2.98. The van der Waals surface area contributed by atoms with E-state index in [4.69, 9.17) is 0 Å². The molecule has 2 aromatic carbocycles. The normalized spacial score (nSPS) is 10.9. The molecule has 0 saturated carbocycles. The highest BCUT2D eigenvalue weighted by Gasteiger charge is 2.19. The van der Waals surface area contributed by atoms with Gasteiger partial charge in [-0.15, -0.1) is 0 Å². The van der Waals surface area contributed by atoms with Gasteiger partial charge < -0.3 is 10.6 Å². The van der Waals surface area contributed by atoms with Crippen LogP contribution in [0.25, 0.3) is 0 Å². The van der Waals surface area contributed by atoms with E-state index >= 15 is 0 Å². The van der Waals surface area contributed by atoms with Crippen molar-refractivity contribution in [2.75, 3.05) is 10.6 Å². The molecule has 2 N–H and O–H groups in total. The fraction of sp³-hybridized carbons (Fsp3) is 0.217. The number of benzene rings is 2. The Balaban J connectivity index is 1.90. The summed E-state index contributed by atoms with van der Waals surface area (Å²) in [6.07, 6.45) is 0. The van der Waals surface area contributed by atoms with Crippen molar-refractivity contribution in [3.63, 3.8) is 0 Å². The summed E-state index contributed by atoms with van der Waals surface area (Å²) >= 11 is 0. The van der Waals surface area contributed by atoms with Crippen LogP contribution in [0, 0.1) is 18.3 Å². The predicted molar refractivity (Wildman–Crippen MR) is 114 cm³/mol. The minimum Gasteiger partial charge on any atom is -0.324 e. The maximum atomic E-state index is 12.7. The Hall–Kier alpha value is -3.72. The van der Waals surface area contributed by atoms with E-state index < -0.39 is 5.91 Å². The Labute approximate surface area is 170 Å². The van der Waals surface area contributed by atoms with Gasteiger partial charge in [-0.2, -0.15) is 5.26 Å². The molecule has 3 aromatic rings. The molecule has 0 saturated heterocycles. The zero-order valence-corrected chi connectivity index (χ0v) is 16.9. The topological polar surface area (TPSA) is 90.7 Å². The van der Waals surface area contributed by atoms with E-state index in [2.05, 4.69) is 53.5 Å². The number of anilines is 3. The molecule has 6 heteroatoms. The molecule has 0 atom stereocenters. The number of nitriles is 1. The van der Waals surface area contributed by atoms with Crippen LogP contribution in [0.1, 0.15) is 48.1 Å². The van der Waals surface area contributed by atoms with E-state index in [-0.39, 0.29) is 11.1 Å². The molecule has 0 fully saturated rings. The predicted octanol–water partition coefficient (Wildman–Crippen LogP) is 4.95. The number of hydrogen-bond acceptors (Lipinski definition) is 5. The SMILES string of the molecule is Cc1cc(C(=O)Nc2ccccc2C#N)nc(Nc2ccccc2C(C)(C)C)n1. The Morgan fingerprint density at radius 3 is 2.34 bits per heavy atom. The molecule has 3 rings (SSSR count). The summed E-state index contributed by atoms with van der Waals surface area (Å²) in [6, 6.07) is 18.5. The van der Waals surface area contributed by atoms with Crippen molar-refractivity contribution in [1.82, 2.24) is 9.97 Å². The van der Waals surface area contributed by atoms with Gasteiger partial charge in [0, 0.05) is 11.4 Å². The van der Waals surface area contributed by atoms with Gasteiger partial charge in [0.05, 0.1) is 11.3 Å². The number of para-hydroxylation sites is 2. The van der Waals surface area contributed by atoms with E-state index in [0.717, 1.165) is 11.3 Å². The molecule has 6 nitrogen and oxygen atoms in total. The molecule has 0 aliphatic carbocycles. The van der Waals surface area contributed by atoms with Gasteiger partial charge in [0.1, 0.15) is 11.8 Å². The zero-order valence-electron chi connectivity index (χ0n) is 16.9. The molecule has 1 amide bonds. The molecular weight excluding hydrogens is 362 g/mol. The number of carbonyl (C=O) groups is 1. The van der Waals surface area contributed by atoms with E-state index in [1.165, 1.54) is 0 Å². The quantitative estimate of drug-likeness (QED) is 0.663. The van der Waals surface area contributed by atoms with Gasteiger partial charge in [-0.05, 0) is 42.2 Å². The van der Waals surface area contributed by atoms with Crippen molar-refractivity contribution in [3.05, 3.63) is 77.1 Å². The number of amides is 1. The standard InChI is InChI=1S/C23H23N5O/c1-15-13-20(21(29)26-18-11-7-5-9-16(18)14-24)28-22(25-15)27-19-12-8-6-10-17(19)23(2,3)4/h5-13H,1-4H3,(H,26,29)(H,25,27,28). The molecule has 1 heterocycles. The first kappa shape index (κ1) is 20.0. The van der Waals surface area contributed by atoms with E-state index in [1.807, 2.05) is 25.1 Å². The van der Waals surface area contributed by atoms with Crippen LogP contribution in [0.15, 0.2) is 54.6 Å². The number of nitrogens with one attached hydrogen (secondary N) is 2. The number of aromatic nitrogens is 2. The molecule has 0 aliphatic rings. The third-order valence-electron chi connectivity index (χ3n) is 4.36. The average molecular weight is 385 g/mol. The largest absolute Gasteiger partial charge is 0.324 e. The summed E-state index contributed by atoms with van der Waals surface area (Å²) in [7, 11) is 0. The molecular formula is C23H23N5O. The van der Waals surface area contributed by atoms with Crippen molar-refractivity contribution < 1.29 is 4.79 Å². The van der Waals surface area contributed by atoms with E-state index in [0.29, 0.717) is 22.9 Å². The molecule has 0 radical (unpaired) electrons. The van der Waals surface area contributed by atoms with Gasteiger partial charge in [0.2, 0.25) is 5.95 Å². The summed E-state index contributed by atoms with van der Waals surface area (Å²) in [5, 5.41) is 15.2. The van der Waals surface area contributed by atoms with Crippen LogP contribution in [0.5, 0.6) is 0 Å². The fourth-order valence-electron chi connectivity index (χ4n) is 2.98. The summed E-state index contributed by atoms with van der Waals surface area (Å²) in [4.78, 5) is 21.5. The molecule has 0 aliphatic heterocycles. The lowest BCUT2D eigenvalue weighted by Crippen LogP contribution is -2.17. The maximum absolute atomic E-state index is 12.7. The number of rotatable bonds is 4. The van der Waals surface area contributed by atoms with E-state index in [1.54, 1.807) is 30.3 Å². The lowest BCUT2D eigenvalue weighted by Gasteiger charge is -2.23. The second-order valence-electron chi connectivity index (χ2n) is 7.75. The Morgan fingerprint density at radius 1 is 1.00 bits per heavy atom. The highest BCUT2D eigenvalue weighted by Crippen LogP contribution is 2.30. The number of aryl methyl sites for hydroxylation is 1. The van der Waals surface area contributed by atoms with Crippen molar-refractivity contribution >= 4 is 23.2 Å². The third kappa shape index (κ3) is 4.77. The van der Waals surface area contributed by atoms with Crippen LogP contribution in [0.2, 0.25) is 0 Å². The molecule has 29 heavy (non-hydrogen) atoms. The maximum Gasteiger partial charge on any atom is 0.274 e. The van der Waals surface area contributed by atoms with Crippen LogP contribution >= 0.6 is 0 Å². The van der Waals surface area contributed by atoms with Crippen LogP contribution in [0.3, 0.4) is 0 Å². The van der Waals surface area contributed by atoms with Crippen molar-refractivity contribution in [2.24, 2.45) is 0 Å². The summed E-state index contributed by atoms with van der Waals surface area (Å²) < 4.78 is 0.